The molecule has 0 saturated heterocycles. The Balaban J connectivity index is 1.72. The highest BCUT2D eigenvalue weighted by Gasteiger charge is 2.12. The van der Waals surface area contributed by atoms with Crippen molar-refractivity contribution in [2.24, 2.45) is 5.10 Å². The first kappa shape index (κ1) is 20.5. The maximum Gasteiger partial charge on any atom is 0.236 e. The van der Waals surface area contributed by atoms with Crippen molar-refractivity contribution < 1.29 is 14.3 Å². The van der Waals surface area contributed by atoms with Gasteiger partial charge in [0.15, 0.2) is 0 Å². The Hall–Kier alpha value is -2.82. The summed E-state index contributed by atoms with van der Waals surface area (Å²) in [5.41, 5.74) is 4.67. The van der Waals surface area contributed by atoms with Crippen LogP contribution in [0.2, 0.25) is 0 Å². The molecule has 0 aliphatic rings. The number of rotatable bonds is 8. The van der Waals surface area contributed by atoms with Gasteiger partial charge in [0.25, 0.3) is 0 Å². The van der Waals surface area contributed by atoms with Crippen molar-refractivity contribution in [2.45, 2.75) is 39.5 Å². The molecule has 144 valence electrons. The molecule has 2 rings (SSSR count). The van der Waals surface area contributed by atoms with Crippen molar-refractivity contribution in [3.8, 4) is 11.5 Å². The van der Waals surface area contributed by atoms with Gasteiger partial charge < -0.3 is 9.47 Å². The predicted molar refractivity (Wildman–Crippen MR) is 109 cm³/mol. The first-order valence-electron chi connectivity index (χ1n) is 9.10. The molecule has 1 N–H and O–H groups in total. The number of hydrazone groups is 1. The molecule has 0 spiro atoms. The Morgan fingerprint density at radius 2 is 1.70 bits per heavy atom. The van der Waals surface area contributed by atoms with Crippen LogP contribution >= 0.6 is 0 Å². The molecule has 0 bridgehead atoms. The molecule has 0 saturated carbocycles. The first-order chi connectivity index (χ1) is 12.8. The molecule has 0 aliphatic heterocycles. The van der Waals surface area contributed by atoms with E-state index in [1.165, 1.54) is 12.5 Å². The number of carbonyl (C=O) groups is 1. The quantitative estimate of drug-likeness (QED) is 0.429. The molecular formula is C22H28N2O3. The Morgan fingerprint density at radius 3 is 2.33 bits per heavy atom. The van der Waals surface area contributed by atoms with Crippen LogP contribution in [0.4, 0.5) is 0 Å². The molecule has 5 heteroatoms. The fourth-order valence-electron chi connectivity index (χ4n) is 2.37. The van der Waals surface area contributed by atoms with E-state index in [1.807, 2.05) is 36.4 Å². The SMILES string of the molecule is CC(=O)N/N=C\c1cccc(OCCCOc2ccc(C(C)(C)C)cc2)c1. The third-order valence-corrected chi connectivity index (χ3v) is 3.84. The van der Waals surface area contributed by atoms with E-state index < -0.39 is 0 Å². The van der Waals surface area contributed by atoms with Crippen LogP contribution in [-0.2, 0) is 10.2 Å². The summed E-state index contributed by atoms with van der Waals surface area (Å²) in [6, 6.07) is 15.8. The van der Waals surface area contributed by atoms with Crippen LogP contribution in [0.5, 0.6) is 11.5 Å². The summed E-state index contributed by atoms with van der Waals surface area (Å²) < 4.78 is 11.5. The number of hydrogen-bond acceptors (Lipinski definition) is 4. The van der Waals surface area contributed by atoms with Gasteiger partial charge in [0.1, 0.15) is 11.5 Å². The minimum atomic E-state index is -0.202. The second-order valence-corrected chi connectivity index (χ2v) is 7.32. The van der Waals surface area contributed by atoms with Crippen LogP contribution in [0.1, 0.15) is 45.2 Å². The number of nitrogens with one attached hydrogen (secondary N) is 1. The highest BCUT2D eigenvalue weighted by molar-refractivity contribution is 5.82. The molecule has 0 heterocycles. The maximum absolute atomic E-state index is 10.8. The average Bonchev–Trinajstić information content (AvgIpc) is 2.61. The summed E-state index contributed by atoms with van der Waals surface area (Å²) in [6.07, 6.45) is 2.36. The Bertz CT molecular complexity index is 762. The molecule has 0 unspecified atom stereocenters. The summed E-state index contributed by atoms with van der Waals surface area (Å²) in [5, 5.41) is 3.85. The molecule has 0 radical (unpaired) electrons. The molecule has 0 fully saturated rings. The van der Waals surface area contributed by atoms with Gasteiger partial charge in [-0.25, -0.2) is 5.43 Å². The van der Waals surface area contributed by atoms with Gasteiger partial charge in [0.2, 0.25) is 5.91 Å². The molecule has 2 aromatic carbocycles. The first-order valence-corrected chi connectivity index (χ1v) is 9.10. The van der Waals surface area contributed by atoms with E-state index in [9.17, 15) is 4.79 Å². The van der Waals surface area contributed by atoms with E-state index in [0.29, 0.717) is 13.2 Å². The van der Waals surface area contributed by atoms with E-state index in [1.54, 1.807) is 6.21 Å². The van der Waals surface area contributed by atoms with Gasteiger partial charge in [0.05, 0.1) is 19.4 Å². The van der Waals surface area contributed by atoms with E-state index in [2.05, 4.69) is 43.4 Å². The highest BCUT2D eigenvalue weighted by Crippen LogP contribution is 2.24. The lowest BCUT2D eigenvalue weighted by Gasteiger charge is -2.19. The molecular weight excluding hydrogens is 340 g/mol. The van der Waals surface area contributed by atoms with Crippen LogP contribution in [-0.4, -0.2) is 25.3 Å². The fraction of sp³-hybridized carbons (Fsp3) is 0.364. The Kier molecular flexibility index (Phi) is 7.41. The third kappa shape index (κ3) is 7.52. The predicted octanol–water partition coefficient (Wildman–Crippen LogP) is 4.30. The van der Waals surface area contributed by atoms with E-state index in [-0.39, 0.29) is 11.3 Å². The van der Waals surface area contributed by atoms with Crippen LogP contribution in [0.15, 0.2) is 53.6 Å². The molecule has 2 aromatic rings. The van der Waals surface area contributed by atoms with E-state index in [0.717, 1.165) is 23.5 Å². The normalized spacial score (nSPS) is 11.4. The molecule has 27 heavy (non-hydrogen) atoms. The molecule has 0 aliphatic carbocycles. The zero-order chi connectivity index (χ0) is 19.7. The van der Waals surface area contributed by atoms with Gasteiger partial charge in [-0.1, -0.05) is 45.0 Å². The van der Waals surface area contributed by atoms with Gasteiger partial charge in [-0.3, -0.25) is 4.79 Å². The second kappa shape index (κ2) is 9.76. The molecule has 1 amide bonds. The number of hydrogen-bond donors (Lipinski definition) is 1. The Labute approximate surface area is 161 Å². The number of carbonyl (C=O) groups excluding carboxylic acids is 1. The van der Waals surface area contributed by atoms with Crippen molar-refractivity contribution in [1.29, 1.82) is 0 Å². The lowest BCUT2D eigenvalue weighted by Crippen LogP contribution is -2.12. The molecule has 0 atom stereocenters. The van der Waals surface area contributed by atoms with Crippen molar-refractivity contribution in [2.75, 3.05) is 13.2 Å². The van der Waals surface area contributed by atoms with Crippen molar-refractivity contribution in [1.82, 2.24) is 5.43 Å². The van der Waals surface area contributed by atoms with Gasteiger partial charge in [-0.05, 0) is 40.8 Å². The van der Waals surface area contributed by atoms with Crippen molar-refractivity contribution in [3.63, 3.8) is 0 Å². The zero-order valence-electron chi connectivity index (χ0n) is 16.5. The number of benzene rings is 2. The highest BCUT2D eigenvalue weighted by atomic mass is 16.5. The van der Waals surface area contributed by atoms with E-state index >= 15 is 0 Å². The summed E-state index contributed by atoms with van der Waals surface area (Å²) in [5.74, 6) is 1.43. The van der Waals surface area contributed by atoms with Gasteiger partial charge in [-0.2, -0.15) is 5.10 Å². The van der Waals surface area contributed by atoms with Crippen LogP contribution in [0.25, 0.3) is 0 Å². The summed E-state index contributed by atoms with van der Waals surface area (Å²) >= 11 is 0. The largest absolute Gasteiger partial charge is 0.493 e. The number of ether oxygens (including phenoxy) is 2. The number of amides is 1. The smallest absolute Gasteiger partial charge is 0.236 e. The van der Waals surface area contributed by atoms with Gasteiger partial charge in [-0.15, -0.1) is 0 Å². The number of nitrogens with zero attached hydrogens (tertiary/aromatic N) is 1. The lowest BCUT2D eigenvalue weighted by molar-refractivity contribution is -0.118. The summed E-state index contributed by atoms with van der Waals surface area (Å²) in [6.45, 7) is 9.16. The topological polar surface area (TPSA) is 59.9 Å². The van der Waals surface area contributed by atoms with E-state index in [4.69, 9.17) is 9.47 Å². The zero-order valence-corrected chi connectivity index (χ0v) is 16.5. The maximum atomic E-state index is 10.8. The average molecular weight is 368 g/mol. The fourth-order valence-corrected chi connectivity index (χ4v) is 2.37. The van der Waals surface area contributed by atoms with Gasteiger partial charge >= 0.3 is 0 Å². The third-order valence-electron chi connectivity index (χ3n) is 3.84. The van der Waals surface area contributed by atoms with Crippen LogP contribution in [0.3, 0.4) is 0 Å². The van der Waals surface area contributed by atoms with Crippen LogP contribution < -0.4 is 14.9 Å². The summed E-state index contributed by atoms with van der Waals surface area (Å²) in [4.78, 5) is 10.8. The molecule has 5 nitrogen and oxygen atoms in total. The monoisotopic (exact) mass is 368 g/mol. The Morgan fingerprint density at radius 1 is 1.04 bits per heavy atom. The second-order valence-electron chi connectivity index (χ2n) is 7.32. The lowest BCUT2D eigenvalue weighted by atomic mass is 9.87. The van der Waals surface area contributed by atoms with Crippen molar-refractivity contribution >= 4 is 12.1 Å². The minimum Gasteiger partial charge on any atom is -0.493 e. The standard InChI is InChI=1S/C22H28N2O3/c1-17(25)24-23-16-18-7-5-8-21(15-18)27-14-6-13-26-20-11-9-19(10-12-20)22(2,3)4/h5,7-12,15-16H,6,13-14H2,1-4H3,(H,24,25)/b23-16-. The van der Waals surface area contributed by atoms with Gasteiger partial charge in [0, 0.05) is 13.3 Å². The summed E-state index contributed by atoms with van der Waals surface area (Å²) in [7, 11) is 0. The molecule has 0 aromatic heterocycles. The van der Waals surface area contributed by atoms with Crippen LogP contribution in [0, 0.1) is 0 Å². The van der Waals surface area contributed by atoms with Crippen molar-refractivity contribution in [3.05, 3.63) is 59.7 Å². The minimum absolute atomic E-state index is 0.147.